The number of aryl methyl sites for hydroxylation is 2. The van der Waals surface area contributed by atoms with Gasteiger partial charge in [-0.15, -0.1) is 0 Å². The molecule has 0 spiro atoms. The van der Waals surface area contributed by atoms with Crippen molar-refractivity contribution in [3.05, 3.63) is 76.6 Å². The molecule has 4 rings (SSSR count). The Morgan fingerprint density at radius 3 is 2.69 bits per heavy atom. The second-order valence-corrected chi connectivity index (χ2v) is 7.95. The van der Waals surface area contributed by atoms with Crippen LogP contribution in [-0.2, 0) is 37.2 Å². The molecule has 0 saturated heterocycles. The summed E-state index contributed by atoms with van der Waals surface area (Å²) in [5.74, 6) is 0.728. The van der Waals surface area contributed by atoms with E-state index in [4.69, 9.17) is 9.47 Å². The molecule has 1 aliphatic heterocycles. The van der Waals surface area contributed by atoms with Crippen LogP contribution in [0.3, 0.4) is 0 Å². The summed E-state index contributed by atoms with van der Waals surface area (Å²) in [5.41, 5.74) is 4.70. The number of rotatable bonds is 8. The number of ether oxygens (including phenoxy) is 2. The number of carbonyl (C=O) groups is 1. The van der Waals surface area contributed by atoms with Crippen molar-refractivity contribution >= 4 is 5.97 Å². The molecule has 0 saturated carbocycles. The summed E-state index contributed by atoms with van der Waals surface area (Å²) in [6.07, 6.45) is 1.62. The van der Waals surface area contributed by atoms with Crippen molar-refractivity contribution < 1.29 is 19.4 Å². The maximum Gasteiger partial charge on any atom is 0.359 e. The molecule has 0 aliphatic carbocycles. The molecule has 1 aromatic heterocycles. The van der Waals surface area contributed by atoms with E-state index in [1.54, 1.807) is 26.2 Å². The van der Waals surface area contributed by atoms with Crippen molar-refractivity contribution in [2.45, 2.75) is 39.4 Å². The molecule has 1 aliphatic rings. The number of esters is 1. The predicted octanol–water partition coefficient (Wildman–Crippen LogP) is 3.58. The fourth-order valence-electron chi connectivity index (χ4n) is 4.17. The fraction of sp³-hybridized carbons (Fsp3) is 0.360. The summed E-state index contributed by atoms with van der Waals surface area (Å²) in [7, 11) is 1.66. The lowest BCUT2D eigenvalue weighted by molar-refractivity contribution is 0.0515. The van der Waals surface area contributed by atoms with Gasteiger partial charge in [-0.25, -0.2) is 4.79 Å². The Hall–Kier alpha value is -3.32. The maximum atomic E-state index is 12.6. The molecule has 1 N–H and O–H groups in total. The Balaban J connectivity index is 1.53. The molecule has 168 valence electrons. The number of nitrogens with zero attached hydrogens (tertiary/aromatic N) is 3. The number of hydrogen-bond donors (Lipinski definition) is 1. The molecule has 0 fully saturated rings. The summed E-state index contributed by atoms with van der Waals surface area (Å²) in [4.78, 5) is 14.9. The highest BCUT2D eigenvalue weighted by Crippen LogP contribution is 2.26. The predicted molar refractivity (Wildman–Crippen MR) is 121 cm³/mol. The second-order valence-electron chi connectivity index (χ2n) is 7.95. The lowest BCUT2D eigenvalue weighted by atomic mass is 10.0. The molecule has 0 amide bonds. The van der Waals surface area contributed by atoms with E-state index in [-0.39, 0.29) is 11.7 Å². The van der Waals surface area contributed by atoms with Gasteiger partial charge in [0.25, 0.3) is 0 Å². The number of methoxy groups -OCH3 is 1. The third kappa shape index (κ3) is 4.94. The first-order valence-electron chi connectivity index (χ1n) is 11.0. The first-order valence-corrected chi connectivity index (χ1v) is 11.0. The van der Waals surface area contributed by atoms with Gasteiger partial charge >= 0.3 is 5.97 Å². The van der Waals surface area contributed by atoms with Crippen LogP contribution in [0.4, 0.5) is 0 Å². The largest absolute Gasteiger partial charge is 0.508 e. The van der Waals surface area contributed by atoms with Crippen LogP contribution in [0.5, 0.6) is 11.5 Å². The number of phenolic OH excluding ortho intramolecular Hbond substituents is 1. The summed E-state index contributed by atoms with van der Waals surface area (Å²) < 4.78 is 12.5. The van der Waals surface area contributed by atoms with E-state index in [2.05, 4.69) is 22.1 Å². The van der Waals surface area contributed by atoms with Gasteiger partial charge in [-0.2, -0.15) is 5.10 Å². The molecule has 32 heavy (non-hydrogen) atoms. The Bertz CT molecular complexity index is 1080. The van der Waals surface area contributed by atoms with Gasteiger partial charge in [0.1, 0.15) is 11.5 Å². The van der Waals surface area contributed by atoms with E-state index in [1.807, 2.05) is 28.9 Å². The highest BCUT2D eigenvalue weighted by atomic mass is 16.5. The van der Waals surface area contributed by atoms with E-state index in [0.717, 1.165) is 42.0 Å². The lowest BCUT2D eigenvalue weighted by Crippen LogP contribution is -2.31. The Labute approximate surface area is 188 Å². The molecule has 0 radical (unpaired) electrons. The highest BCUT2D eigenvalue weighted by Gasteiger charge is 2.28. The number of phenols is 1. The third-order valence-corrected chi connectivity index (χ3v) is 5.77. The van der Waals surface area contributed by atoms with E-state index in [9.17, 15) is 9.90 Å². The SMILES string of the molecule is CCOC(=O)c1nn(CCc2ccc(OC)cc2)c2c1CN(Cc1cccc(O)c1)CC2. The van der Waals surface area contributed by atoms with E-state index in [1.165, 1.54) is 5.56 Å². The van der Waals surface area contributed by atoms with Crippen molar-refractivity contribution in [3.63, 3.8) is 0 Å². The quantitative estimate of drug-likeness (QED) is 0.545. The van der Waals surface area contributed by atoms with Crippen LogP contribution in [0.15, 0.2) is 48.5 Å². The van der Waals surface area contributed by atoms with Crippen LogP contribution in [0, 0.1) is 0 Å². The minimum Gasteiger partial charge on any atom is -0.508 e. The van der Waals surface area contributed by atoms with Crippen LogP contribution >= 0.6 is 0 Å². The average molecular weight is 436 g/mol. The van der Waals surface area contributed by atoms with Gasteiger partial charge in [0, 0.05) is 43.9 Å². The van der Waals surface area contributed by atoms with Crippen molar-refractivity contribution in [2.24, 2.45) is 0 Å². The first kappa shape index (κ1) is 21.9. The van der Waals surface area contributed by atoms with E-state index >= 15 is 0 Å². The summed E-state index contributed by atoms with van der Waals surface area (Å²) in [6.45, 7) is 5.01. The first-order chi connectivity index (χ1) is 15.6. The van der Waals surface area contributed by atoms with Crippen molar-refractivity contribution in [2.75, 3.05) is 20.3 Å². The van der Waals surface area contributed by atoms with Crippen LogP contribution < -0.4 is 4.74 Å². The van der Waals surface area contributed by atoms with Crippen LogP contribution in [0.1, 0.15) is 39.8 Å². The van der Waals surface area contributed by atoms with Gasteiger partial charge in [0.2, 0.25) is 0 Å². The van der Waals surface area contributed by atoms with Gasteiger partial charge in [0.15, 0.2) is 5.69 Å². The van der Waals surface area contributed by atoms with Crippen LogP contribution in [0.2, 0.25) is 0 Å². The molecule has 2 aromatic carbocycles. The Morgan fingerprint density at radius 1 is 1.16 bits per heavy atom. The lowest BCUT2D eigenvalue weighted by Gasteiger charge is -2.27. The summed E-state index contributed by atoms with van der Waals surface area (Å²) in [6, 6.07) is 15.3. The zero-order chi connectivity index (χ0) is 22.5. The van der Waals surface area contributed by atoms with E-state index < -0.39 is 0 Å². The molecular formula is C25H29N3O4. The molecule has 7 nitrogen and oxygen atoms in total. The Morgan fingerprint density at radius 2 is 1.97 bits per heavy atom. The van der Waals surface area contributed by atoms with Gasteiger partial charge in [-0.1, -0.05) is 24.3 Å². The number of hydrogen-bond acceptors (Lipinski definition) is 6. The standard InChI is InChI=1S/C25H29N3O4/c1-3-32-25(30)24-22-17-27(16-19-5-4-6-20(29)15-19)13-12-23(22)28(26-24)14-11-18-7-9-21(31-2)10-8-18/h4-10,15,29H,3,11-14,16-17H2,1-2H3. The molecule has 0 bridgehead atoms. The highest BCUT2D eigenvalue weighted by molar-refractivity contribution is 5.89. The zero-order valence-corrected chi connectivity index (χ0v) is 18.6. The fourth-order valence-corrected chi connectivity index (χ4v) is 4.17. The van der Waals surface area contributed by atoms with Crippen molar-refractivity contribution in [1.29, 1.82) is 0 Å². The minimum absolute atomic E-state index is 0.263. The molecule has 3 aromatic rings. The maximum absolute atomic E-state index is 12.6. The smallest absolute Gasteiger partial charge is 0.359 e. The summed E-state index contributed by atoms with van der Waals surface area (Å²) in [5, 5.41) is 14.4. The number of fused-ring (bicyclic) bond motifs is 1. The van der Waals surface area contributed by atoms with Crippen LogP contribution in [0.25, 0.3) is 0 Å². The van der Waals surface area contributed by atoms with Gasteiger partial charge < -0.3 is 14.6 Å². The monoisotopic (exact) mass is 435 g/mol. The summed E-state index contributed by atoms with van der Waals surface area (Å²) >= 11 is 0. The second kappa shape index (κ2) is 9.87. The third-order valence-electron chi connectivity index (χ3n) is 5.77. The minimum atomic E-state index is -0.369. The van der Waals surface area contributed by atoms with Gasteiger partial charge in [0.05, 0.1) is 13.7 Å². The van der Waals surface area contributed by atoms with Crippen molar-refractivity contribution in [1.82, 2.24) is 14.7 Å². The molecular weight excluding hydrogens is 406 g/mol. The average Bonchev–Trinajstić information content (AvgIpc) is 3.16. The number of carbonyl (C=O) groups excluding carboxylic acids is 1. The Kier molecular flexibility index (Phi) is 6.75. The zero-order valence-electron chi connectivity index (χ0n) is 18.6. The topological polar surface area (TPSA) is 76.8 Å². The van der Waals surface area contributed by atoms with E-state index in [0.29, 0.717) is 31.9 Å². The van der Waals surface area contributed by atoms with Gasteiger partial charge in [-0.3, -0.25) is 9.58 Å². The number of benzene rings is 2. The number of aromatic hydroxyl groups is 1. The van der Waals surface area contributed by atoms with Crippen molar-refractivity contribution in [3.8, 4) is 11.5 Å². The molecule has 2 heterocycles. The molecule has 0 atom stereocenters. The normalized spacial score (nSPS) is 13.6. The van der Waals surface area contributed by atoms with Gasteiger partial charge in [-0.05, 0) is 48.7 Å². The molecule has 7 heteroatoms. The molecule has 0 unspecified atom stereocenters. The van der Waals surface area contributed by atoms with Crippen LogP contribution in [-0.4, -0.2) is 46.0 Å². The number of aromatic nitrogens is 2.